The van der Waals surface area contributed by atoms with Gasteiger partial charge in [0.05, 0.1) is 27.5 Å². The van der Waals surface area contributed by atoms with E-state index < -0.39 is 11.0 Å². The predicted molar refractivity (Wildman–Crippen MR) is 72.8 cm³/mol. The highest BCUT2D eigenvalue weighted by Crippen LogP contribution is 2.18. The number of pyridine rings is 1. The van der Waals surface area contributed by atoms with Crippen LogP contribution in [0.2, 0.25) is 0 Å². The maximum Gasteiger partial charge on any atom is 0.0976 e. The van der Waals surface area contributed by atoms with Crippen LogP contribution in [-0.4, -0.2) is 13.9 Å². The van der Waals surface area contributed by atoms with Crippen LogP contribution in [0.25, 0.3) is 0 Å². The summed E-state index contributed by atoms with van der Waals surface area (Å²) in [7, 11) is -1.11. The van der Waals surface area contributed by atoms with Crippen LogP contribution >= 0.6 is 0 Å². The maximum atomic E-state index is 12.1. The van der Waals surface area contributed by atoms with Crippen molar-refractivity contribution in [3.05, 3.63) is 42.7 Å². The molecule has 1 aromatic heterocycles. The van der Waals surface area contributed by atoms with Crippen molar-refractivity contribution in [1.82, 2.24) is 9.71 Å². The van der Waals surface area contributed by atoms with Gasteiger partial charge in [-0.05, 0) is 39.3 Å². The average Bonchev–Trinajstić information content (AvgIpc) is 2.28. The van der Waals surface area contributed by atoms with E-state index >= 15 is 0 Å². The lowest BCUT2D eigenvalue weighted by Crippen LogP contribution is -2.35. The smallest absolute Gasteiger partial charge is 0.0976 e. The Hall–Kier alpha value is -1.00. The molecule has 0 saturated carbocycles. The SMILES string of the molecule is C=CC[C@@H](NS(=O)C(C)(C)C)c1ccccn1. The largest absolute Gasteiger partial charge is 0.260 e. The maximum absolute atomic E-state index is 12.1. The summed E-state index contributed by atoms with van der Waals surface area (Å²) < 4.78 is 14.9. The topological polar surface area (TPSA) is 42.0 Å². The van der Waals surface area contributed by atoms with Crippen LogP contribution in [0.3, 0.4) is 0 Å². The van der Waals surface area contributed by atoms with Crippen LogP contribution in [0.5, 0.6) is 0 Å². The fraction of sp³-hybridized carbons (Fsp3) is 0.462. The summed E-state index contributed by atoms with van der Waals surface area (Å²) in [5, 5.41) is 0. The Morgan fingerprint density at radius 2 is 2.24 bits per heavy atom. The minimum atomic E-state index is -1.11. The second-order valence-corrected chi connectivity index (χ2v) is 6.83. The van der Waals surface area contributed by atoms with Gasteiger partial charge in [-0.1, -0.05) is 12.1 Å². The molecule has 17 heavy (non-hydrogen) atoms. The van der Waals surface area contributed by atoms with Gasteiger partial charge in [-0.2, -0.15) is 0 Å². The minimum Gasteiger partial charge on any atom is -0.260 e. The van der Waals surface area contributed by atoms with E-state index in [1.807, 2.05) is 45.0 Å². The first-order chi connectivity index (χ1) is 7.95. The molecule has 0 fully saturated rings. The van der Waals surface area contributed by atoms with Crippen LogP contribution in [0.4, 0.5) is 0 Å². The number of rotatable bonds is 5. The van der Waals surface area contributed by atoms with Crippen LogP contribution < -0.4 is 4.72 Å². The molecule has 4 heteroatoms. The van der Waals surface area contributed by atoms with E-state index in [1.54, 1.807) is 6.20 Å². The first-order valence-electron chi connectivity index (χ1n) is 5.65. The summed E-state index contributed by atoms with van der Waals surface area (Å²) in [5.74, 6) is 0. The van der Waals surface area contributed by atoms with Crippen molar-refractivity contribution in [3.63, 3.8) is 0 Å². The molecule has 0 bridgehead atoms. The van der Waals surface area contributed by atoms with Crippen molar-refractivity contribution >= 4 is 11.0 Å². The van der Waals surface area contributed by atoms with Crippen LogP contribution in [-0.2, 0) is 11.0 Å². The van der Waals surface area contributed by atoms with Crippen molar-refractivity contribution in [2.45, 2.75) is 38.0 Å². The zero-order chi connectivity index (χ0) is 12.9. The lowest BCUT2D eigenvalue weighted by atomic mass is 10.1. The number of aromatic nitrogens is 1. The lowest BCUT2D eigenvalue weighted by Gasteiger charge is -2.23. The third-order valence-corrected chi connectivity index (χ3v) is 3.86. The summed E-state index contributed by atoms with van der Waals surface area (Å²) in [6.07, 6.45) is 4.26. The Balaban J connectivity index is 2.81. The van der Waals surface area contributed by atoms with Gasteiger partial charge in [0.25, 0.3) is 0 Å². The van der Waals surface area contributed by atoms with Gasteiger partial charge < -0.3 is 0 Å². The number of hydrogen-bond acceptors (Lipinski definition) is 2. The van der Waals surface area contributed by atoms with E-state index in [2.05, 4.69) is 16.3 Å². The second-order valence-electron chi connectivity index (χ2n) is 4.83. The van der Waals surface area contributed by atoms with Gasteiger partial charge in [-0.3, -0.25) is 4.98 Å². The van der Waals surface area contributed by atoms with Crippen molar-refractivity contribution in [2.75, 3.05) is 0 Å². The molecule has 0 aliphatic carbocycles. The van der Waals surface area contributed by atoms with Gasteiger partial charge in [0.2, 0.25) is 0 Å². The van der Waals surface area contributed by atoms with Gasteiger partial charge in [-0.25, -0.2) is 8.93 Å². The molecule has 0 aliphatic rings. The van der Waals surface area contributed by atoms with Crippen molar-refractivity contribution in [3.8, 4) is 0 Å². The fourth-order valence-electron chi connectivity index (χ4n) is 1.28. The summed E-state index contributed by atoms with van der Waals surface area (Å²) in [4.78, 5) is 4.29. The highest BCUT2D eigenvalue weighted by Gasteiger charge is 2.23. The summed E-state index contributed by atoms with van der Waals surface area (Å²) in [5.41, 5.74) is 0.894. The summed E-state index contributed by atoms with van der Waals surface area (Å²) in [6.45, 7) is 9.56. The van der Waals surface area contributed by atoms with E-state index in [9.17, 15) is 4.21 Å². The van der Waals surface area contributed by atoms with E-state index in [0.717, 1.165) is 5.69 Å². The molecule has 2 atom stereocenters. The predicted octanol–water partition coefficient (Wildman–Crippen LogP) is 2.75. The molecule has 94 valence electrons. The molecule has 0 amide bonds. The molecule has 1 unspecified atom stereocenters. The number of hydrogen-bond donors (Lipinski definition) is 1. The van der Waals surface area contributed by atoms with Crippen molar-refractivity contribution < 1.29 is 4.21 Å². The summed E-state index contributed by atoms with van der Waals surface area (Å²) >= 11 is 0. The molecule has 1 aromatic rings. The zero-order valence-corrected chi connectivity index (χ0v) is 11.5. The van der Waals surface area contributed by atoms with E-state index in [0.29, 0.717) is 6.42 Å². The number of nitrogens with zero attached hydrogens (tertiary/aromatic N) is 1. The Bertz CT molecular complexity index is 384. The first kappa shape index (κ1) is 14.1. The van der Waals surface area contributed by atoms with Crippen LogP contribution in [0, 0.1) is 0 Å². The van der Waals surface area contributed by atoms with E-state index in [4.69, 9.17) is 0 Å². The Morgan fingerprint density at radius 1 is 1.53 bits per heavy atom. The van der Waals surface area contributed by atoms with Crippen molar-refractivity contribution in [1.29, 1.82) is 0 Å². The Labute approximate surface area is 106 Å². The van der Waals surface area contributed by atoms with Gasteiger partial charge in [0, 0.05) is 6.20 Å². The van der Waals surface area contributed by atoms with Gasteiger partial charge in [0.15, 0.2) is 0 Å². The molecular formula is C13H20N2OS. The Morgan fingerprint density at radius 3 is 2.71 bits per heavy atom. The fourth-order valence-corrected chi connectivity index (χ4v) is 2.11. The average molecular weight is 252 g/mol. The van der Waals surface area contributed by atoms with Gasteiger partial charge in [0.1, 0.15) is 0 Å². The molecule has 0 radical (unpaired) electrons. The van der Waals surface area contributed by atoms with E-state index in [1.165, 1.54) is 0 Å². The molecule has 0 saturated heterocycles. The molecule has 3 nitrogen and oxygen atoms in total. The van der Waals surface area contributed by atoms with Crippen molar-refractivity contribution in [2.24, 2.45) is 0 Å². The molecule has 0 spiro atoms. The van der Waals surface area contributed by atoms with Gasteiger partial charge >= 0.3 is 0 Å². The minimum absolute atomic E-state index is 0.0474. The molecule has 0 aliphatic heterocycles. The highest BCUT2D eigenvalue weighted by molar-refractivity contribution is 7.84. The first-order valence-corrected chi connectivity index (χ1v) is 6.80. The monoisotopic (exact) mass is 252 g/mol. The zero-order valence-electron chi connectivity index (χ0n) is 10.6. The van der Waals surface area contributed by atoms with E-state index in [-0.39, 0.29) is 10.8 Å². The molecule has 1 N–H and O–H groups in total. The highest BCUT2D eigenvalue weighted by atomic mass is 32.2. The third kappa shape index (κ3) is 4.40. The van der Waals surface area contributed by atoms with Crippen LogP contribution in [0.15, 0.2) is 37.1 Å². The Kier molecular flexibility index (Phi) is 5.02. The standard InChI is InChI=1S/C13H20N2OS/c1-5-8-12(11-9-6-7-10-14-11)15-17(16)13(2,3)4/h5-7,9-10,12,15H,1,8H2,2-4H3/t12-,17?/m1/s1. The molecule has 0 aromatic carbocycles. The number of nitrogens with one attached hydrogen (secondary N) is 1. The summed E-state index contributed by atoms with van der Waals surface area (Å²) in [6, 6.07) is 5.69. The third-order valence-electron chi connectivity index (χ3n) is 2.25. The van der Waals surface area contributed by atoms with Crippen LogP contribution in [0.1, 0.15) is 38.9 Å². The molecule has 1 heterocycles. The molecule has 1 rings (SSSR count). The second kappa shape index (κ2) is 6.07. The quantitative estimate of drug-likeness (QED) is 0.819. The molecular weight excluding hydrogens is 232 g/mol. The normalized spacial score (nSPS) is 15.2. The van der Waals surface area contributed by atoms with Gasteiger partial charge in [-0.15, -0.1) is 6.58 Å². The lowest BCUT2D eigenvalue weighted by molar-refractivity contribution is 0.594.